The average molecular weight is 670 g/mol. The number of alkyl halides is 3. The molecule has 2 aliphatic heterocycles. The van der Waals surface area contributed by atoms with Gasteiger partial charge in [0.1, 0.15) is 19.0 Å². The zero-order valence-corrected chi connectivity index (χ0v) is 26.6. The molecule has 3 aliphatic rings. The molecule has 0 saturated heterocycles. The second-order valence-corrected chi connectivity index (χ2v) is 12.3. The second kappa shape index (κ2) is 14.1. The molecular formula is C35H38F3N3O7. The van der Waals surface area contributed by atoms with Gasteiger partial charge in [-0.2, -0.15) is 13.2 Å². The maximum atomic E-state index is 13.4. The molecule has 10 nitrogen and oxygen atoms in total. The van der Waals surface area contributed by atoms with E-state index >= 15 is 0 Å². The number of amides is 2. The van der Waals surface area contributed by atoms with Crippen LogP contribution in [0.25, 0.3) is 0 Å². The number of nitrogens with two attached hydrogens (primary N) is 1. The molecule has 0 aromatic heterocycles. The van der Waals surface area contributed by atoms with Crippen molar-refractivity contribution in [1.29, 1.82) is 0 Å². The highest BCUT2D eigenvalue weighted by Crippen LogP contribution is 2.40. The number of benzene rings is 3. The van der Waals surface area contributed by atoms with Crippen LogP contribution in [-0.2, 0) is 27.2 Å². The van der Waals surface area contributed by atoms with Gasteiger partial charge in [0, 0.05) is 18.2 Å². The van der Waals surface area contributed by atoms with E-state index in [0.717, 1.165) is 63.4 Å². The Balaban J connectivity index is 0.000000582. The molecule has 13 heteroatoms. The molecule has 0 radical (unpaired) electrons. The van der Waals surface area contributed by atoms with Gasteiger partial charge in [-0.25, -0.2) is 4.79 Å². The standard InChI is InChI=1S/C33H37N3O5.C2HF3O2/c1-19-13-24(37)14-20(2)25(19)18-27(34)32(38)35-28-9-10-36(33(39)23-5-6-23)29-7-3-21(16-26(28)29)15-22-4-8-30-31(17-22)41-12-11-40-30;3-2(4,5)1(6)7/h3-4,7-8,13-14,16-17,23,27-28,37H,5-6,9-12,15,18,34H2,1-2H3,(H,35,38);(H,6,7)/t27-,28+;/m0./s1. The normalized spacial score (nSPS) is 17.4. The van der Waals surface area contributed by atoms with E-state index in [1.807, 2.05) is 43.0 Å². The smallest absolute Gasteiger partial charge is 0.490 e. The van der Waals surface area contributed by atoms with Crippen molar-refractivity contribution in [2.24, 2.45) is 11.7 Å². The van der Waals surface area contributed by atoms with E-state index in [-0.39, 0.29) is 29.5 Å². The minimum atomic E-state index is -5.08. The summed E-state index contributed by atoms with van der Waals surface area (Å²) >= 11 is 0. The molecule has 0 spiro atoms. The number of fused-ring (bicyclic) bond motifs is 2. The third-order valence-electron chi connectivity index (χ3n) is 8.61. The van der Waals surface area contributed by atoms with Crippen molar-refractivity contribution in [2.45, 2.75) is 64.2 Å². The number of nitrogens with one attached hydrogen (secondary N) is 1. The number of hydrogen-bond donors (Lipinski definition) is 4. The lowest BCUT2D eigenvalue weighted by Gasteiger charge is -2.35. The first-order valence-corrected chi connectivity index (χ1v) is 15.7. The van der Waals surface area contributed by atoms with Crippen molar-refractivity contribution in [2.75, 3.05) is 24.7 Å². The summed E-state index contributed by atoms with van der Waals surface area (Å²) in [5.41, 5.74) is 13.2. The first-order chi connectivity index (χ1) is 22.7. The molecule has 3 aromatic carbocycles. The monoisotopic (exact) mass is 669 g/mol. The van der Waals surface area contributed by atoms with Gasteiger partial charge in [0.15, 0.2) is 11.5 Å². The van der Waals surface area contributed by atoms with Crippen LogP contribution in [0.4, 0.5) is 18.9 Å². The van der Waals surface area contributed by atoms with Crippen LogP contribution in [0.3, 0.4) is 0 Å². The van der Waals surface area contributed by atoms with Gasteiger partial charge in [0.25, 0.3) is 0 Å². The number of hydrogen-bond acceptors (Lipinski definition) is 7. The number of phenolic OH excluding ortho intramolecular Hbond substituents is 1. The molecule has 2 atom stereocenters. The number of carboxylic acids is 1. The zero-order valence-electron chi connectivity index (χ0n) is 26.6. The molecule has 48 heavy (non-hydrogen) atoms. The Morgan fingerprint density at radius 2 is 1.56 bits per heavy atom. The lowest BCUT2D eigenvalue weighted by molar-refractivity contribution is -0.192. The minimum Gasteiger partial charge on any atom is -0.508 e. The van der Waals surface area contributed by atoms with Crippen molar-refractivity contribution < 1.29 is 47.2 Å². The number of anilines is 1. The van der Waals surface area contributed by atoms with Crippen LogP contribution < -0.4 is 25.4 Å². The Hall–Kier alpha value is -4.78. The van der Waals surface area contributed by atoms with Crippen molar-refractivity contribution in [3.63, 3.8) is 0 Å². The van der Waals surface area contributed by atoms with E-state index in [0.29, 0.717) is 39.0 Å². The lowest BCUT2D eigenvalue weighted by Crippen LogP contribution is -2.47. The molecule has 1 saturated carbocycles. The minimum absolute atomic E-state index is 0.108. The van der Waals surface area contributed by atoms with Crippen LogP contribution >= 0.6 is 0 Å². The third-order valence-corrected chi connectivity index (χ3v) is 8.61. The highest BCUT2D eigenvalue weighted by molar-refractivity contribution is 5.98. The summed E-state index contributed by atoms with van der Waals surface area (Å²) < 4.78 is 43.2. The topological polar surface area (TPSA) is 151 Å². The number of aromatic hydroxyl groups is 1. The highest BCUT2D eigenvalue weighted by atomic mass is 19.4. The van der Waals surface area contributed by atoms with Gasteiger partial charge < -0.3 is 35.6 Å². The van der Waals surface area contributed by atoms with Crippen LogP contribution in [0.5, 0.6) is 17.2 Å². The molecule has 6 rings (SSSR count). The Kier molecular flexibility index (Phi) is 10.2. The summed E-state index contributed by atoms with van der Waals surface area (Å²) in [6.07, 6.45) is -1.52. The zero-order chi connectivity index (χ0) is 34.7. The molecule has 5 N–H and O–H groups in total. The first kappa shape index (κ1) is 34.6. The summed E-state index contributed by atoms with van der Waals surface area (Å²) in [5, 5.41) is 20.2. The van der Waals surface area contributed by atoms with Crippen molar-refractivity contribution >= 4 is 23.5 Å². The summed E-state index contributed by atoms with van der Waals surface area (Å²) in [6, 6.07) is 14.6. The molecule has 1 aliphatic carbocycles. The largest absolute Gasteiger partial charge is 0.508 e. The van der Waals surface area contributed by atoms with E-state index in [9.17, 15) is 27.9 Å². The molecular weight excluding hydrogens is 631 g/mol. The van der Waals surface area contributed by atoms with Crippen molar-refractivity contribution in [3.8, 4) is 17.2 Å². The Morgan fingerprint density at radius 1 is 0.958 bits per heavy atom. The number of aliphatic carboxylic acids is 1. The van der Waals surface area contributed by atoms with E-state index in [4.69, 9.17) is 25.1 Å². The average Bonchev–Trinajstić information content (AvgIpc) is 3.88. The van der Waals surface area contributed by atoms with Gasteiger partial charge in [-0.15, -0.1) is 0 Å². The Labute approximate surface area is 275 Å². The predicted molar refractivity (Wildman–Crippen MR) is 170 cm³/mol. The first-order valence-electron chi connectivity index (χ1n) is 15.7. The number of carbonyl (C=O) groups is 3. The van der Waals surface area contributed by atoms with Crippen LogP contribution in [0.1, 0.15) is 58.7 Å². The van der Waals surface area contributed by atoms with E-state index in [2.05, 4.69) is 17.4 Å². The predicted octanol–water partition coefficient (Wildman–Crippen LogP) is 4.88. The number of carboxylic acid groups (broad SMARTS) is 1. The molecule has 0 unspecified atom stereocenters. The van der Waals surface area contributed by atoms with Gasteiger partial charge in [-0.3, -0.25) is 9.59 Å². The van der Waals surface area contributed by atoms with Gasteiger partial charge in [0.2, 0.25) is 11.8 Å². The molecule has 0 bridgehead atoms. The van der Waals surface area contributed by atoms with Crippen LogP contribution in [0, 0.1) is 19.8 Å². The Bertz CT molecular complexity index is 1680. The second-order valence-electron chi connectivity index (χ2n) is 12.3. The fourth-order valence-electron chi connectivity index (χ4n) is 6.02. The van der Waals surface area contributed by atoms with Crippen LogP contribution in [0.15, 0.2) is 48.5 Å². The van der Waals surface area contributed by atoms with E-state index in [1.54, 1.807) is 12.1 Å². The van der Waals surface area contributed by atoms with Gasteiger partial charge >= 0.3 is 12.1 Å². The summed E-state index contributed by atoms with van der Waals surface area (Å²) in [7, 11) is 0. The molecule has 3 aromatic rings. The molecule has 256 valence electrons. The highest BCUT2D eigenvalue weighted by Gasteiger charge is 2.39. The number of halogens is 3. The van der Waals surface area contributed by atoms with Gasteiger partial charge in [0.05, 0.1) is 12.1 Å². The summed E-state index contributed by atoms with van der Waals surface area (Å²) in [4.78, 5) is 37.3. The number of ether oxygens (including phenoxy) is 2. The maximum absolute atomic E-state index is 13.4. The fraction of sp³-hybridized carbons (Fsp3) is 0.400. The fourth-order valence-corrected chi connectivity index (χ4v) is 6.02. The quantitative estimate of drug-likeness (QED) is 0.278. The van der Waals surface area contributed by atoms with Crippen LogP contribution in [-0.4, -0.2) is 60.0 Å². The Morgan fingerprint density at radius 3 is 2.19 bits per heavy atom. The molecule has 1 fully saturated rings. The number of rotatable bonds is 7. The molecule has 2 amide bonds. The maximum Gasteiger partial charge on any atom is 0.490 e. The van der Waals surface area contributed by atoms with Crippen molar-refractivity contribution in [3.05, 3.63) is 81.9 Å². The lowest BCUT2D eigenvalue weighted by atomic mass is 9.91. The number of nitrogens with zero attached hydrogens (tertiary/aromatic N) is 1. The van der Waals surface area contributed by atoms with E-state index in [1.165, 1.54) is 0 Å². The summed E-state index contributed by atoms with van der Waals surface area (Å²) in [5.74, 6) is -0.984. The third kappa shape index (κ3) is 8.19. The molecule has 2 heterocycles. The van der Waals surface area contributed by atoms with Gasteiger partial charge in [-0.1, -0.05) is 18.2 Å². The number of carbonyl (C=O) groups excluding carboxylic acids is 2. The van der Waals surface area contributed by atoms with E-state index < -0.39 is 18.2 Å². The van der Waals surface area contributed by atoms with Crippen LogP contribution in [0.2, 0.25) is 0 Å². The number of aryl methyl sites for hydroxylation is 2. The van der Waals surface area contributed by atoms with Crippen molar-refractivity contribution in [1.82, 2.24) is 5.32 Å². The SMILES string of the molecule is Cc1cc(O)cc(C)c1C[C@H](N)C(=O)N[C@@H]1CCN(C(=O)C2CC2)c2ccc(Cc3ccc4c(c3)OCCO4)cc21.O=C(O)C(F)(F)F. The number of phenols is 1. The summed E-state index contributed by atoms with van der Waals surface area (Å²) in [6.45, 7) is 5.48. The van der Waals surface area contributed by atoms with Gasteiger partial charge in [-0.05, 0) is 110 Å².